The molecule has 0 saturated heterocycles. The zero-order valence-electron chi connectivity index (χ0n) is 12.6. The smallest absolute Gasteiger partial charge is 0.226 e. The lowest BCUT2D eigenvalue weighted by atomic mass is 10.1. The van der Waals surface area contributed by atoms with Gasteiger partial charge in [-0.1, -0.05) is 0 Å². The van der Waals surface area contributed by atoms with Crippen LogP contribution in [0, 0.1) is 13.8 Å². The van der Waals surface area contributed by atoms with Gasteiger partial charge in [0.2, 0.25) is 11.8 Å². The average Bonchev–Trinajstić information content (AvgIpc) is 2.68. The zero-order chi connectivity index (χ0) is 14.7. The highest BCUT2D eigenvalue weighted by Gasteiger charge is 2.14. The minimum absolute atomic E-state index is 0.0711. The summed E-state index contributed by atoms with van der Waals surface area (Å²) in [6.45, 7) is 9.89. The van der Waals surface area contributed by atoms with Gasteiger partial charge < -0.3 is 14.5 Å². The van der Waals surface area contributed by atoms with E-state index in [2.05, 4.69) is 22.2 Å². The van der Waals surface area contributed by atoms with Crippen molar-refractivity contribution in [2.45, 2.75) is 46.8 Å². The third kappa shape index (κ3) is 3.50. The summed E-state index contributed by atoms with van der Waals surface area (Å²) < 4.78 is 11.1. The molecule has 0 aliphatic rings. The highest BCUT2D eigenvalue weighted by atomic mass is 16.5. The minimum Gasteiger partial charge on any atom is -0.475 e. The number of rotatable bonds is 5. The van der Waals surface area contributed by atoms with Crippen LogP contribution >= 0.6 is 0 Å². The van der Waals surface area contributed by atoms with Gasteiger partial charge in [0.15, 0.2) is 0 Å². The second-order valence-electron chi connectivity index (χ2n) is 5.12. The summed E-state index contributed by atoms with van der Waals surface area (Å²) in [5.74, 6) is 2.94. The summed E-state index contributed by atoms with van der Waals surface area (Å²) in [6, 6.07) is 3.85. The molecule has 0 saturated carbocycles. The normalized spacial score (nSPS) is 12.5. The second kappa shape index (κ2) is 5.94. The van der Waals surface area contributed by atoms with E-state index in [1.165, 1.54) is 0 Å². The first-order valence-corrected chi connectivity index (χ1v) is 6.79. The molecule has 0 radical (unpaired) electrons. The highest BCUT2D eigenvalue weighted by molar-refractivity contribution is 5.34. The highest BCUT2D eigenvalue weighted by Crippen LogP contribution is 2.24. The topological polar surface area (TPSA) is 60.2 Å². The molecule has 2 heterocycles. The van der Waals surface area contributed by atoms with E-state index >= 15 is 0 Å². The van der Waals surface area contributed by atoms with Crippen LogP contribution in [-0.2, 0) is 0 Å². The van der Waals surface area contributed by atoms with E-state index < -0.39 is 0 Å². The fraction of sp³-hybridized carbons (Fsp3) is 0.467. The zero-order valence-corrected chi connectivity index (χ0v) is 12.6. The maximum absolute atomic E-state index is 5.56. The van der Waals surface area contributed by atoms with Crippen molar-refractivity contribution >= 4 is 5.95 Å². The van der Waals surface area contributed by atoms with E-state index in [-0.39, 0.29) is 12.1 Å². The molecule has 0 bridgehead atoms. The Balaban J connectivity index is 2.11. The second-order valence-corrected chi connectivity index (χ2v) is 5.12. The molecule has 0 amide bonds. The van der Waals surface area contributed by atoms with Gasteiger partial charge in [-0.05, 0) is 40.7 Å². The molecule has 1 N–H and O–H groups in total. The maximum atomic E-state index is 5.56. The van der Waals surface area contributed by atoms with Gasteiger partial charge in [0.1, 0.15) is 11.5 Å². The SMILES string of the molecule is Cc1cc(C(C)Nc2nccc(OC(C)C)n2)c(C)o1. The van der Waals surface area contributed by atoms with Crippen LogP contribution in [0.2, 0.25) is 0 Å². The van der Waals surface area contributed by atoms with Gasteiger partial charge in [0.25, 0.3) is 0 Å². The van der Waals surface area contributed by atoms with Gasteiger partial charge in [-0.2, -0.15) is 4.98 Å². The molecule has 2 aromatic heterocycles. The molecule has 0 spiro atoms. The summed E-state index contributed by atoms with van der Waals surface area (Å²) in [5.41, 5.74) is 1.11. The third-order valence-corrected chi connectivity index (χ3v) is 2.88. The molecule has 108 valence electrons. The molecule has 0 fully saturated rings. The van der Waals surface area contributed by atoms with Crippen molar-refractivity contribution in [3.05, 3.63) is 35.4 Å². The number of nitrogens with one attached hydrogen (secondary N) is 1. The number of nitrogens with zero attached hydrogens (tertiary/aromatic N) is 2. The molecule has 0 aromatic carbocycles. The molecule has 20 heavy (non-hydrogen) atoms. The summed E-state index contributed by atoms with van der Waals surface area (Å²) in [5, 5.41) is 3.26. The van der Waals surface area contributed by atoms with Crippen LogP contribution in [0.5, 0.6) is 5.88 Å². The Morgan fingerprint density at radius 1 is 1.25 bits per heavy atom. The first kappa shape index (κ1) is 14.4. The van der Waals surface area contributed by atoms with Crippen LogP contribution in [0.15, 0.2) is 22.7 Å². The van der Waals surface area contributed by atoms with Crippen LogP contribution in [-0.4, -0.2) is 16.1 Å². The molecule has 2 rings (SSSR count). The molecule has 5 nitrogen and oxygen atoms in total. The number of aromatic nitrogens is 2. The molecule has 1 unspecified atom stereocenters. The Morgan fingerprint density at radius 3 is 2.60 bits per heavy atom. The molecule has 1 atom stereocenters. The molecular formula is C15H21N3O2. The van der Waals surface area contributed by atoms with Crippen LogP contribution in [0.1, 0.15) is 43.9 Å². The predicted octanol–water partition coefficient (Wildman–Crippen LogP) is 3.65. The van der Waals surface area contributed by atoms with Gasteiger partial charge in [-0.3, -0.25) is 0 Å². The fourth-order valence-electron chi connectivity index (χ4n) is 2.07. The molecule has 2 aromatic rings. The molecular weight excluding hydrogens is 254 g/mol. The monoisotopic (exact) mass is 275 g/mol. The van der Waals surface area contributed by atoms with Crippen LogP contribution in [0.3, 0.4) is 0 Å². The number of aryl methyl sites for hydroxylation is 2. The Bertz CT molecular complexity index is 578. The summed E-state index contributed by atoms with van der Waals surface area (Å²) >= 11 is 0. The Kier molecular flexibility index (Phi) is 4.27. The minimum atomic E-state index is 0.0711. The number of hydrogen-bond acceptors (Lipinski definition) is 5. The lowest BCUT2D eigenvalue weighted by Crippen LogP contribution is -2.12. The van der Waals surface area contributed by atoms with Crippen molar-refractivity contribution in [3.63, 3.8) is 0 Å². The van der Waals surface area contributed by atoms with Crippen LogP contribution in [0.4, 0.5) is 5.95 Å². The van der Waals surface area contributed by atoms with E-state index in [0.717, 1.165) is 17.1 Å². The maximum Gasteiger partial charge on any atom is 0.226 e. The number of ether oxygens (including phenoxy) is 1. The Morgan fingerprint density at radius 2 is 2.00 bits per heavy atom. The fourth-order valence-corrected chi connectivity index (χ4v) is 2.07. The molecule has 0 aliphatic carbocycles. The van der Waals surface area contributed by atoms with Crippen molar-refractivity contribution in [3.8, 4) is 5.88 Å². The summed E-state index contributed by atoms with van der Waals surface area (Å²) in [6.07, 6.45) is 1.78. The van der Waals surface area contributed by atoms with Crippen LogP contribution in [0.25, 0.3) is 0 Å². The van der Waals surface area contributed by atoms with Crippen molar-refractivity contribution in [1.29, 1.82) is 0 Å². The first-order chi connectivity index (χ1) is 9.45. The van der Waals surface area contributed by atoms with E-state index in [0.29, 0.717) is 11.8 Å². The summed E-state index contributed by atoms with van der Waals surface area (Å²) in [7, 11) is 0. The van der Waals surface area contributed by atoms with E-state index in [1.54, 1.807) is 12.3 Å². The predicted molar refractivity (Wildman–Crippen MR) is 78.0 cm³/mol. The molecule has 0 aliphatic heterocycles. The lowest BCUT2D eigenvalue weighted by molar-refractivity contribution is 0.232. The van der Waals surface area contributed by atoms with Gasteiger partial charge in [0, 0.05) is 17.8 Å². The lowest BCUT2D eigenvalue weighted by Gasteiger charge is -2.14. The Hall–Kier alpha value is -2.04. The van der Waals surface area contributed by atoms with E-state index in [4.69, 9.17) is 9.15 Å². The van der Waals surface area contributed by atoms with Crippen molar-refractivity contribution in [2.75, 3.05) is 5.32 Å². The average molecular weight is 275 g/mol. The van der Waals surface area contributed by atoms with Crippen molar-refractivity contribution < 1.29 is 9.15 Å². The van der Waals surface area contributed by atoms with Gasteiger partial charge in [-0.15, -0.1) is 0 Å². The first-order valence-electron chi connectivity index (χ1n) is 6.79. The van der Waals surface area contributed by atoms with E-state index in [9.17, 15) is 0 Å². The van der Waals surface area contributed by atoms with Gasteiger partial charge in [0.05, 0.1) is 12.1 Å². The van der Waals surface area contributed by atoms with Crippen molar-refractivity contribution in [1.82, 2.24) is 9.97 Å². The standard InChI is InChI=1S/C15H21N3O2/c1-9(2)19-14-6-7-16-15(18-14)17-11(4)13-8-10(3)20-12(13)5/h6-9,11H,1-5H3,(H,16,17,18). The number of hydrogen-bond donors (Lipinski definition) is 1. The van der Waals surface area contributed by atoms with Crippen LogP contribution < -0.4 is 10.1 Å². The summed E-state index contributed by atoms with van der Waals surface area (Å²) in [4.78, 5) is 8.56. The quantitative estimate of drug-likeness (QED) is 0.902. The molecule has 5 heteroatoms. The number of furan rings is 1. The van der Waals surface area contributed by atoms with Crippen molar-refractivity contribution in [2.24, 2.45) is 0 Å². The largest absolute Gasteiger partial charge is 0.475 e. The Labute approximate surface area is 119 Å². The third-order valence-electron chi connectivity index (χ3n) is 2.88. The van der Waals surface area contributed by atoms with Gasteiger partial charge >= 0.3 is 0 Å². The van der Waals surface area contributed by atoms with E-state index in [1.807, 2.05) is 33.8 Å². The number of anilines is 1. The van der Waals surface area contributed by atoms with Gasteiger partial charge in [-0.25, -0.2) is 4.98 Å².